The number of carboxylic acids is 1. The second-order valence-electron chi connectivity index (χ2n) is 7.27. The number of carboxylic acid groups (broad SMARTS) is 1. The Balaban J connectivity index is 1.95. The number of methoxy groups -OCH3 is 1. The first-order valence-corrected chi connectivity index (χ1v) is 9.15. The van der Waals surface area contributed by atoms with Crippen LogP contribution >= 0.6 is 0 Å². The van der Waals surface area contributed by atoms with Gasteiger partial charge < -0.3 is 19.5 Å². The highest BCUT2D eigenvalue weighted by Crippen LogP contribution is 2.31. The van der Waals surface area contributed by atoms with Crippen LogP contribution in [0.15, 0.2) is 0 Å². The molecule has 1 amide bonds. The van der Waals surface area contributed by atoms with E-state index in [9.17, 15) is 14.7 Å². The van der Waals surface area contributed by atoms with Gasteiger partial charge in [0, 0.05) is 20.2 Å². The van der Waals surface area contributed by atoms with E-state index in [2.05, 4.69) is 0 Å². The summed E-state index contributed by atoms with van der Waals surface area (Å²) in [6, 6.07) is 0. The van der Waals surface area contributed by atoms with Crippen molar-refractivity contribution in [3.63, 3.8) is 0 Å². The number of nitrogens with zero attached hydrogens (tertiary/aromatic N) is 1. The summed E-state index contributed by atoms with van der Waals surface area (Å²) in [5.74, 6) is -0.986. The average molecular weight is 341 g/mol. The van der Waals surface area contributed by atoms with E-state index in [-0.39, 0.29) is 25.2 Å². The third kappa shape index (κ3) is 4.70. The van der Waals surface area contributed by atoms with Crippen molar-refractivity contribution < 1.29 is 24.2 Å². The Morgan fingerprint density at radius 3 is 2.46 bits per heavy atom. The molecule has 6 nitrogen and oxygen atoms in total. The van der Waals surface area contributed by atoms with E-state index in [0.717, 1.165) is 25.7 Å². The van der Waals surface area contributed by atoms with Crippen molar-refractivity contribution in [2.24, 2.45) is 5.41 Å². The lowest BCUT2D eigenvalue weighted by Gasteiger charge is -2.40. The minimum Gasteiger partial charge on any atom is -0.481 e. The van der Waals surface area contributed by atoms with Gasteiger partial charge in [-0.1, -0.05) is 25.7 Å². The van der Waals surface area contributed by atoms with Crippen LogP contribution in [0.5, 0.6) is 0 Å². The molecule has 2 unspecified atom stereocenters. The van der Waals surface area contributed by atoms with E-state index in [1.807, 2.05) is 0 Å². The first-order valence-electron chi connectivity index (χ1n) is 9.15. The van der Waals surface area contributed by atoms with Gasteiger partial charge in [-0.05, 0) is 32.6 Å². The summed E-state index contributed by atoms with van der Waals surface area (Å²) >= 11 is 0. The molecule has 0 aromatic rings. The van der Waals surface area contributed by atoms with Crippen molar-refractivity contribution in [2.75, 3.05) is 26.8 Å². The number of likely N-dealkylation sites (tertiary alicyclic amines) is 1. The number of rotatable bonds is 6. The number of ether oxygens (including phenoxy) is 2. The molecular formula is C18H31NO5. The highest BCUT2D eigenvalue weighted by molar-refractivity contribution is 5.82. The Hall–Kier alpha value is -1.14. The first kappa shape index (κ1) is 19.2. The van der Waals surface area contributed by atoms with Crippen molar-refractivity contribution >= 4 is 11.9 Å². The molecule has 2 aliphatic rings. The molecule has 1 aliphatic heterocycles. The number of carbonyl (C=O) groups is 2. The van der Waals surface area contributed by atoms with Crippen LogP contribution in [-0.2, 0) is 19.1 Å². The Labute approximate surface area is 144 Å². The monoisotopic (exact) mass is 341 g/mol. The molecule has 0 aromatic heterocycles. The largest absolute Gasteiger partial charge is 0.481 e. The molecule has 0 spiro atoms. The van der Waals surface area contributed by atoms with Crippen molar-refractivity contribution in [1.82, 2.24) is 4.90 Å². The Morgan fingerprint density at radius 2 is 1.88 bits per heavy atom. The van der Waals surface area contributed by atoms with Crippen LogP contribution in [0.2, 0.25) is 0 Å². The highest BCUT2D eigenvalue weighted by Gasteiger charge is 2.44. The van der Waals surface area contributed by atoms with Gasteiger partial charge in [-0.3, -0.25) is 9.59 Å². The molecule has 0 aromatic carbocycles. The molecule has 1 saturated heterocycles. The van der Waals surface area contributed by atoms with E-state index in [1.54, 1.807) is 11.8 Å². The maximum atomic E-state index is 12.7. The summed E-state index contributed by atoms with van der Waals surface area (Å²) in [7, 11) is 1.50. The lowest BCUT2D eigenvalue weighted by atomic mass is 9.80. The molecule has 1 aliphatic carbocycles. The third-order valence-electron chi connectivity index (χ3n) is 5.31. The van der Waals surface area contributed by atoms with Crippen LogP contribution in [0.1, 0.15) is 58.3 Å². The minimum absolute atomic E-state index is 0.0966. The molecule has 1 N–H and O–H groups in total. The second kappa shape index (κ2) is 8.81. The van der Waals surface area contributed by atoms with E-state index in [1.165, 1.54) is 20.0 Å². The topological polar surface area (TPSA) is 76.1 Å². The summed E-state index contributed by atoms with van der Waals surface area (Å²) in [4.78, 5) is 26.1. The third-order valence-corrected chi connectivity index (χ3v) is 5.31. The standard InChI is InChI=1S/C18H31NO5/c1-14(24-15-8-5-3-4-6-9-15)16(20)19-11-7-10-18(12-19,13-23-2)17(21)22/h14-15H,3-13H2,1-2H3,(H,21,22). The van der Waals surface area contributed by atoms with Crippen LogP contribution in [0.3, 0.4) is 0 Å². The van der Waals surface area contributed by atoms with Gasteiger partial charge in [0.2, 0.25) is 0 Å². The van der Waals surface area contributed by atoms with Gasteiger partial charge in [0.15, 0.2) is 0 Å². The molecule has 2 atom stereocenters. The van der Waals surface area contributed by atoms with Crippen LogP contribution in [-0.4, -0.2) is 60.9 Å². The van der Waals surface area contributed by atoms with Crippen LogP contribution in [0.25, 0.3) is 0 Å². The smallest absolute Gasteiger partial charge is 0.313 e. The van der Waals surface area contributed by atoms with Gasteiger partial charge >= 0.3 is 5.97 Å². The zero-order chi connectivity index (χ0) is 17.6. The molecule has 24 heavy (non-hydrogen) atoms. The molecule has 6 heteroatoms. The lowest BCUT2D eigenvalue weighted by molar-refractivity contribution is -0.163. The van der Waals surface area contributed by atoms with Crippen molar-refractivity contribution in [3.8, 4) is 0 Å². The van der Waals surface area contributed by atoms with E-state index < -0.39 is 17.5 Å². The quantitative estimate of drug-likeness (QED) is 0.751. The molecule has 0 bridgehead atoms. The molecule has 2 fully saturated rings. The molecule has 138 valence electrons. The van der Waals surface area contributed by atoms with E-state index in [4.69, 9.17) is 9.47 Å². The number of aliphatic carboxylic acids is 1. The summed E-state index contributed by atoms with van der Waals surface area (Å²) < 4.78 is 11.1. The average Bonchev–Trinajstić information content (AvgIpc) is 2.83. The van der Waals surface area contributed by atoms with Crippen molar-refractivity contribution in [1.29, 1.82) is 0 Å². The summed E-state index contributed by atoms with van der Waals surface area (Å²) in [6.45, 7) is 2.72. The summed E-state index contributed by atoms with van der Waals surface area (Å²) in [5.41, 5.74) is -0.995. The molecule has 0 radical (unpaired) electrons. The van der Waals surface area contributed by atoms with Gasteiger partial charge in [-0.2, -0.15) is 0 Å². The summed E-state index contributed by atoms with van der Waals surface area (Å²) in [6.07, 6.45) is 7.69. The zero-order valence-corrected chi connectivity index (χ0v) is 15.0. The molecular weight excluding hydrogens is 310 g/mol. The van der Waals surface area contributed by atoms with Gasteiger partial charge in [0.1, 0.15) is 11.5 Å². The van der Waals surface area contributed by atoms with Crippen LogP contribution in [0.4, 0.5) is 0 Å². The Kier molecular flexibility index (Phi) is 7.04. The zero-order valence-electron chi connectivity index (χ0n) is 15.0. The SMILES string of the molecule is COCC1(C(=O)O)CCCN(C(=O)C(C)OC2CCCCCC2)C1. The first-order chi connectivity index (χ1) is 11.5. The number of amides is 1. The van der Waals surface area contributed by atoms with E-state index >= 15 is 0 Å². The fourth-order valence-electron chi connectivity index (χ4n) is 3.93. The number of piperidine rings is 1. The van der Waals surface area contributed by atoms with Gasteiger partial charge in [0.25, 0.3) is 5.91 Å². The fraction of sp³-hybridized carbons (Fsp3) is 0.889. The molecule has 1 heterocycles. The van der Waals surface area contributed by atoms with Crippen molar-refractivity contribution in [2.45, 2.75) is 70.5 Å². The Morgan fingerprint density at radius 1 is 1.21 bits per heavy atom. The van der Waals surface area contributed by atoms with E-state index in [0.29, 0.717) is 19.4 Å². The van der Waals surface area contributed by atoms with Gasteiger partial charge in [-0.25, -0.2) is 0 Å². The summed E-state index contributed by atoms with van der Waals surface area (Å²) in [5, 5.41) is 9.60. The number of carbonyl (C=O) groups excluding carboxylic acids is 1. The highest BCUT2D eigenvalue weighted by atomic mass is 16.5. The van der Waals surface area contributed by atoms with Crippen LogP contribution in [0, 0.1) is 5.41 Å². The lowest BCUT2D eigenvalue weighted by Crippen LogP contribution is -2.54. The maximum absolute atomic E-state index is 12.7. The van der Waals surface area contributed by atoms with Crippen LogP contribution < -0.4 is 0 Å². The van der Waals surface area contributed by atoms with Crippen molar-refractivity contribution in [3.05, 3.63) is 0 Å². The number of hydrogen-bond acceptors (Lipinski definition) is 4. The van der Waals surface area contributed by atoms with Gasteiger partial charge in [0.05, 0.1) is 12.7 Å². The fourth-order valence-corrected chi connectivity index (χ4v) is 3.93. The molecule has 1 saturated carbocycles. The second-order valence-corrected chi connectivity index (χ2v) is 7.27. The number of hydrogen-bond donors (Lipinski definition) is 1. The Bertz CT molecular complexity index is 429. The normalized spacial score (nSPS) is 27.5. The minimum atomic E-state index is -0.995. The predicted octanol–water partition coefficient (Wildman–Crippen LogP) is 2.45. The predicted molar refractivity (Wildman–Crippen MR) is 89.8 cm³/mol. The molecule has 2 rings (SSSR count). The maximum Gasteiger partial charge on any atom is 0.313 e. The van der Waals surface area contributed by atoms with Gasteiger partial charge in [-0.15, -0.1) is 0 Å².